The molecule has 0 radical (unpaired) electrons. The van der Waals surface area contributed by atoms with E-state index in [2.05, 4.69) is 30.0 Å². The minimum absolute atomic E-state index is 0.0850. The summed E-state index contributed by atoms with van der Waals surface area (Å²) in [4.78, 5) is 30.1. The lowest BCUT2D eigenvalue weighted by Crippen LogP contribution is -2.34. The fourth-order valence-electron chi connectivity index (χ4n) is 3.50. The zero-order valence-electron chi connectivity index (χ0n) is 14.5. The molecule has 1 aliphatic rings. The van der Waals surface area contributed by atoms with Gasteiger partial charge in [0.1, 0.15) is 22.9 Å². The van der Waals surface area contributed by atoms with Crippen LogP contribution >= 0.6 is 0 Å². The highest BCUT2D eigenvalue weighted by atomic mass is 16.5. The Morgan fingerprint density at radius 1 is 1.16 bits per heavy atom. The summed E-state index contributed by atoms with van der Waals surface area (Å²) in [6.07, 6.45) is 1.84. The molecule has 0 amide bonds. The van der Waals surface area contributed by atoms with Gasteiger partial charge in [0.15, 0.2) is 0 Å². The zero-order valence-corrected chi connectivity index (χ0v) is 14.5. The van der Waals surface area contributed by atoms with Crippen molar-refractivity contribution < 1.29 is 4.52 Å². The Hall–Kier alpha value is -2.77. The second-order valence-corrected chi connectivity index (χ2v) is 6.56. The van der Waals surface area contributed by atoms with E-state index >= 15 is 0 Å². The van der Waals surface area contributed by atoms with E-state index in [1.54, 1.807) is 6.07 Å². The van der Waals surface area contributed by atoms with Gasteiger partial charge in [0.05, 0.1) is 11.4 Å². The Labute approximate surface area is 144 Å². The fourth-order valence-corrected chi connectivity index (χ4v) is 3.50. The van der Waals surface area contributed by atoms with E-state index in [-0.39, 0.29) is 5.56 Å². The second-order valence-electron chi connectivity index (χ2n) is 6.56. The number of aromatic amines is 1. The van der Waals surface area contributed by atoms with Gasteiger partial charge in [0.25, 0.3) is 11.3 Å². The Morgan fingerprint density at radius 3 is 2.64 bits per heavy atom. The van der Waals surface area contributed by atoms with E-state index in [0.717, 1.165) is 48.5 Å². The van der Waals surface area contributed by atoms with E-state index in [9.17, 15) is 4.79 Å². The molecular formula is C17H20N6O2. The summed E-state index contributed by atoms with van der Waals surface area (Å²) < 4.78 is 5.30. The molecule has 3 aromatic heterocycles. The third-order valence-electron chi connectivity index (χ3n) is 4.69. The summed E-state index contributed by atoms with van der Waals surface area (Å²) in [5.41, 5.74) is 2.14. The molecule has 8 heteroatoms. The highest BCUT2D eigenvalue weighted by Gasteiger charge is 2.26. The van der Waals surface area contributed by atoms with Crippen LogP contribution in [0.2, 0.25) is 0 Å². The first-order chi connectivity index (χ1) is 12.0. The lowest BCUT2D eigenvalue weighted by atomic mass is 9.93. The van der Waals surface area contributed by atoms with Gasteiger partial charge in [-0.1, -0.05) is 5.16 Å². The monoisotopic (exact) mass is 340 g/mol. The minimum atomic E-state index is -0.0850. The van der Waals surface area contributed by atoms with Crippen LogP contribution in [0, 0.1) is 20.8 Å². The van der Waals surface area contributed by atoms with Crippen LogP contribution in [0.3, 0.4) is 0 Å². The molecule has 0 unspecified atom stereocenters. The second kappa shape index (κ2) is 5.94. The summed E-state index contributed by atoms with van der Waals surface area (Å²) in [7, 11) is 0. The molecule has 1 aliphatic heterocycles. The number of piperidine rings is 1. The standard InChI is InChI=1S/C17H20N6O2/c1-9-15-16(20-11(3)21-17(15)25-22-9)23-6-4-12(5-7-23)13-8-14(24)19-10(2)18-13/h8,12H,4-7H2,1-3H3,(H,18,19,24). The number of hydrogen-bond acceptors (Lipinski definition) is 7. The largest absolute Gasteiger partial charge is 0.356 e. The van der Waals surface area contributed by atoms with Crippen molar-refractivity contribution in [3.05, 3.63) is 39.5 Å². The molecule has 1 saturated heterocycles. The van der Waals surface area contributed by atoms with Crippen LogP contribution in [-0.4, -0.2) is 38.2 Å². The molecule has 4 rings (SSSR count). The first kappa shape index (κ1) is 15.7. The normalized spacial score (nSPS) is 15.9. The predicted octanol–water partition coefficient (Wildman–Crippen LogP) is 2.01. The highest BCUT2D eigenvalue weighted by molar-refractivity contribution is 5.88. The molecule has 0 bridgehead atoms. The number of H-pyrrole nitrogens is 1. The Balaban J connectivity index is 1.60. The van der Waals surface area contributed by atoms with E-state index in [1.807, 2.05) is 20.8 Å². The maximum atomic E-state index is 11.7. The highest BCUT2D eigenvalue weighted by Crippen LogP contribution is 2.32. The van der Waals surface area contributed by atoms with Crippen molar-refractivity contribution in [1.29, 1.82) is 0 Å². The summed E-state index contributed by atoms with van der Waals surface area (Å²) in [5.74, 6) is 2.51. The van der Waals surface area contributed by atoms with Crippen molar-refractivity contribution in [3.63, 3.8) is 0 Å². The van der Waals surface area contributed by atoms with Crippen LogP contribution in [-0.2, 0) is 0 Å². The van der Waals surface area contributed by atoms with E-state index in [0.29, 0.717) is 23.3 Å². The molecule has 8 nitrogen and oxygen atoms in total. The van der Waals surface area contributed by atoms with Crippen LogP contribution in [0.15, 0.2) is 15.4 Å². The molecule has 25 heavy (non-hydrogen) atoms. The molecule has 0 saturated carbocycles. The third-order valence-corrected chi connectivity index (χ3v) is 4.69. The predicted molar refractivity (Wildman–Crippen MR) is 92.9 cm³/mol. The maximum Gasteiger partial charge on any atom is 0.263 e. The van der Waals surface area contributed by atoms with Gasteiger partial charge in [0.2, 0.25) is 0 Å². The third kappa shape index (κ3) is 2.88. The van der Waals surface area contributed by atoms with Crippen molar-refractivity contribution >= 4 is 16.9 Å². The number of hydrogen-bond donors (Lipinski definition) is 1. The Kier molecular flexibility index (Phi) is 3.74. The number of aromatic nitrogens is 5. The molecule has 3 aromatic rings. The van der Waals surface area contributed by atoms with Crippen molar-refractivity contribution in [2.24, 2.45) is 0 Å². The summed E-state index contributed by atoms with van der Waals surface area (Å²) in [6.45, 7) is 7.26. The van der Waals surface area contributed by atoms with Gasteiger partial charge < -0.3 is 14.4 Å². The average molecular weight is 340 g/mol. The van der Waals surface area contributed by atoms with Crippen LogP contribution in [0.4, 0.5) is 5.82 Å². The first-order valence-electron chi connectivity index (χ1n) is 8.44. The first-order valence-corrected chi connectivity index (χ1v) is 8.44. The number of aryl methyl sites for hydroxylation is 3. The smallest absolute Gasteiger partial charge is 0.263 e. The van der Waals surface area contributed by atoms with Crippen molar-refractivity contribution in [2.45, 2.75) is 39.5 Å². The molecule has 1 N–H and O–H groups in total. The fraction of sp³-hybridized carbons (Fsp3) is 0.471. The molecule has 0 spiro atoms. The van der Waals surface area contributed by atoms with Crippen molar-refractivity contribution in [1.82, 2.24) is 25.1 Å². The zero-order chi connectivity index (χ0) is 17.6. The van der Waals surface area contributed by atoms with Crippen LogP contribution < -0.4 is 10.5 Å². The quantitative estimate of drug-likeness (QED) is 0.761. The van der Waals surface area contributed by atoms with E-state index in [1.165, 1.54) is 0 Å². The molecule has 1 fully saturated rings. The summed E-state index contributed by atoms with van der Waals surface area (Å²) in [5, 5.41) is 4.91. The number of nitrogens with one attached hydrogen (secondary N) is 1. The number of fused-ring (bicyclic) bond motifs is 1. The van der Waals surface area contributed by atoms with Gasteiger partial charge in [-0.15, -0.1) is 0 Å². The number of nitrogens with zero attached hydrogens (tertiary/aromatic N) is 5. The van der Waals surface area contributed by atoms with Crippen LogP contribution in [0.5, 0.6) is 0 Å². The topological polar surface area (TPSA) is 101 Å². The van der Waals surface area contributed by atoms with Crippen molar-refractivity contribution in [2.75, 3.05) is 18.0 Å². The van der Waals surface area contributed by atoms with Gasteiger partial charge in [-0.3, -0.25) is 4.79 Å². The minimum Gasteiger partial charge on any atom is -0.356 e. The molecule has 0 atom stereocenters. The van der Waals surface area contributed by atoms with E-state index in [4.69, 9.17) is 4.52 Å². The molecule has 4 heterocycles. The number of anilines is 1. The van der Waals surface area contributed by atoms with Gasteiger partial charge in [-0.05, 0) is 33.6 Å². The molecule has 0 aliphatic carbocycles. The molecule has 130 valence electrons. The summed E-state index contributed by atoms with van der Waals surface area (Å²) in [6, 6.07) is 1.62. The lowest BCUT2D eigenvalue weighted by Gasteiger charge is -2.32. The van der Waals surface area contributed by atoms with E-state index < -0.39 is 0 Å². The van der Waals surface area contributed by atoms with Gasteiger partial charge in [-0.2, -0.15) is 4.98 Å². The van der Waals surface area contributed by atoms with Gasteiger partial charge in [0, 0.05) is 25.1 Å². The Morgan fingerprint density at radius 2 is 1.92 bits per heavy atom. The van der Waals surface area contributed by atoms with Crippen LogP contribution in [0.1, 0.15) is 41.8 Å². The molecular weight excluding hydrogens is 320 g/mol. The van der Waals surface area contributed by atoms with Crippen molar-refractivity contribution in [3.8, 4) is 0 Å². The van der Waals surface area contributed by atoms with Crippen LogP contribution in [0.25, 0.3) is 11.1 Å². The van der Waals surface area contributed by atoms with Gasteiger partial charge >= 0.3 is 0 Å². The Bertz CT molecular complexity index is 984. The van der Waals surface area contributed by atoms with Gasteiger partial charge in [-0.25, -0.2) is 9.97 Å². The number of rotatable bonds is 2. The summed E-state index contributed by atoms with van der Waals surface area (Å²) >= 11 is 0. The average Bonchev–Trinajstić information content (AvgIpc) is 2.94. The maximum absolute atomic E-state index is 11.7. The lowest BCUT2D eigenvalue weighted by molar-refractivity contribution is 0.442. The molecule has 0 aromatic carbocycles. The SMILES string of the molecule is Cc1nc(N2CCC(c3cc(=O)[nH]c(C)n3)CC2)c2c(C)noc2n1.